The van der Waals surface area contributed by atoms with Gasteiger partial charge in [0.1, 0.15) is 5.75 Å². The maximum Gasteiger partial charge on any atom is 0.513 e. The quantitative estimate of drug-likeness (QED) is 0.0716. The topological polar surface area (TPSA) is 122 Å². The third-order valence-corrected chi connectivity index (χ3v) is 6.47. The van der Waals surface area contributed by atoms with Crippen LogP contribution in [0.3, 0.4) is 0 Å². The molecule has 10 nitrogen and oxygen atoms in total. The zero-order valence-electron chi connectivity index (χ0n) is 24.4. The second-order valence-electron chi connectivity index (χ2n) is 9.61. The van der Waals surface area contributed by atoms with E-state index in [0.29, 0.717) is 40.8 Å². The third-order valence-electron chi connectivity index (χ3n) is 6.47. The standard InChI is InChI=1S/C34H31N7O3/c1-3-4-23-43-34(42)44-29-19-17-28(18-20-29)39-41-33-22-21-32(30-7-5-6-8-31(30)33)40-38-27-15-13-26(14-16-27)37-36-25-11-9-24(35-2)10-12-25/h5-22,35H,3-4,23H2,1-2H3. The van der Waals surface area contributed by atoms with Gasteiger partial charge in [-0.15, -0.1) is 10.2 Å². The number of benzene rings is 5. The van der Waals surface area contributed by atoms with Crippen LogP contribution in [0.4, 0.5) is 44.6 Å². The van der Waals surface area contributed by atoms with Crippen LogP contribution in [0.15, 0.2) is 140 Å². The summed E-state index contributed by atoms with van der Waals surface area (Å²) in [7, 11) is 1.87. The van der Waals surface area contributed by atoms with E-state index in [4.69, 9.17) is 9.47 Å². The van der Waals surface area contributed by atoms with Gasteiger partial charge in [-0.1, -0.05) is 37.6 Å². The maximum absolute atomic E-state index is 11.8. The number of nitrogens with one attached hydrogen (secondary N) is 1. The minimum Gasteiger partial charge on any atom is -0.434 e. The van der Waals surface area contributed by atoms with Gasteiger partial charge >= 0.3 is 6.16 Å². The molecule has 0 saturated carbocycles. The van der Waals surface area contributed by atoms with E-state index in [1.165, 1.54) is 0 Å². The molecule has 1 N–H and O–H groups in total. The molecule has 0 fully saturated rings. The van der Waals surface area contributed by atoms with Crippen molar-refractivity contribution in [3.63, 3.8) is 0 Å². The van der Waals surface area contributed by atoms with Gasteiger partial charge < -0.3 is 14.8 Å². The smallest absolute Gasteiger partial charge is 0.434 e. The molecule has 0 aliphatic rings. The Labute approximate surface area is 255 Å². The van der Waals surface area contributed by atoms with Crippen LogP contribution in [0.25, 0.3) is 10.8 Å². The monoisotopic (exact) mass is 585 g/mol. The third kappa shape index (κ3) is 8.16. The molecule has 0 amide bonds. The highest BCUT2D eigenvalue weighted by atomic mass is 16.7. The van der Waals surface area contributed by atoms with Crippen molar-refractivity contribution < 1.29 is 14.3 Å². The fourth-order valence-corrected chi connectivity index (χ4v) is 4.07. The largest absolute Gasteiger partial charge is 0.513 e. The molecule has 44 heavy (non-hydrogen) atoms. The Kier molecular flexibility index (Phi) is 10.1. The van der Waals surface area contributed by atoms with Crippen molar-refractivity contribution in [1.82, 2.24) is 0 Å². The Balaban J connectivity index is 1.24. The SMILES string of the molecule is CCCCOC(=O)Oc1ccc(N=Nc2ccc(N=Nc3ccc(N=Nc4ccc(NC)cc4)cc3)c3ccccc23)cc1. The van der Waals surface area contributed by atoms with E-state index in [1.54, 1.807) is 24.3 Å². The van der Waals surface area contributed by atoms with Crippen LogP contribution in [0.5, 0.6) is 5.75 Å². The number of fused-ring (bicyclic) bond motifs is 1. The van der Waals surface area contributed by atoms with Gasteiger partial charge in [0.2, 0.25) is 0 Å². The molecule has 5 aromatic rings. The maximum atomic E-state index is 11.8. The fourth-order valence-electron chi connectivity index (χ4n) is 4.07. The molecule has 220 valence electrons. The Morgan fingerprint density at radius 2 is 1.07 bits per heavy atom. The summed E-state index contributed by atoms with van der Waals surface area (Å²) in [6.07, 6.45) is 1.01. The van der Waals surface area contributed by atoms with Gasteiger partial charge in [0.15, 0.2) is 0 Å². The van der Waals surface area contributed by atoms with Crippen molar-refractivity contribution in [3.05, 3.63) is 109 Å². The lowest BCUT2D eigenvalue weighted by atomic mass is 10.1. The van der Waals surface area contributed by atoms with Crippen LogP contribution in [-0.4, -0.2) is 19.8 Å². The molecule has 5 aromatic carbocycles. The molecular weight excluding hydrogens is 554 g/mol. The summed E-state index contributed by atoms with van der Waals surface area (Å²) in [5.41, 5.74) is 5.20. The number of hydrogen-bond acceptors (Lipinski definition) is 10. The lowest BCUT2D eigenvalue weighted by Gasteiger charge is -2.05. The average Bonchev–Trinajstić information content (AvgIpc) is 3.07. The van der Waals surface area contributed by atoms with Gasteiger partial charge in [-0.3, -0.25) is 0 Å². The average molecular weight is 586 g/mol. The van der Waals surface area contributed by atoms with Gasteiger partial charge in [-0.2, -0.15) is 20.5 Å². The summed E-state index contributed by atoms with van der Waals surface area (Å²) >= 11 is 0. The van der Waals surface area contributed by atoms with Crippen molar-refractivity contribution in [2.75, 3.05) is 19.0 Å². The van der Waals surface area contributed by atoms with Gasteiger partial charge in [-0.25, -0.2) is 4.79 Å². The number of rotatable bonds is 11. The second kappa shape index (κ2) is 14.9. The molecule has 0 bridgehead atoms. The normalized spacial score (nSPS) is 11.5. The van der Waals surface area contributed by atoms with E-state index in [9.17, 15) is 4.79 Å². The molecular formula is C34H31N7O3. The number of unbranched alkanes of at least 4 members (excludes halogenated alkanes) is 1. The van der Waals surface area contributed by atoms with Gasteiger partial charge in [0.25, 0.3) is 0 Å². The Hall–Kier alpha value is -5.77. The zero-order valence-corrected chi connectivity index (χ0v) is 24.4. The Bertz CT molecular complexity index is 1780. The Morgan fingerprint density at radius 1 is 0.614 bits per heavy atom. The van der Waals surface area contributed by atoms with Crippen LogP contribution in [0, 0.1) is 0 Å². The molecule has 0 spiro atoms. The molecule has 0 aliphatic carbocycles. The lowest BCUT2D eigenvalue weighted by molar-refractivity contribution is 0.0978. The first-order valence-electron chi connectivity index (χ1n) is 14.2. The summed E-state index contributed by atoms with van der Waals surface area (Å²) in [5, 5.41) is 31.2. The molecule has 0 unspecified atom stereocenters. The first-order chi connectivity index (χ1) is 21.6. The van der Waals surface area contributed by atoms with E-state index >= 15 is 0 Å². The molecule has 10 heteroatoms. The number of carbonyl (C=O) groups excluding carboxylic acids is 1. The number of nitrogens with zero attached hydrogens (tertiary/aromatic N) is 6. The summed E-state index contributed by atoms with van der Waals surface area (Å²) < 4.78 is 10.2. The van der Waals surface area contributed by atoms with Crippen molar-refractivity contribution in [2.24, 2.45) is 30.7 Å². The van der Waals surface area contributed by atoms with Crippen LogP contribution in [-0.2, 0) is 4.74 Å². The van der Waals surface area contributed by atoms with Crippen molar-refractivity contribution in [1.29, 1.82) is 0 Å². The van der Waals surface area contributed by atoms with Crippen molar-refractivity contribution in [2.45, 2.75) is 19.8 Å². The first-order valence-corrected chi connectivity index (χ1v) is 14.2. The fraction of sp³-hybridized carbons (Fsp3) is 0.147. The van der Waals surface area contributed by atoms with E-state index in [2.05, 4.69) is 36.0 Å². The highest BCUT2D eigenvalue weighted by Gasteiger charge is 2.07. The molecule has 0 aromatic heterocycles. The number of ether oxygens (including phenoxy) is 2. The Morgan fingerprint density at radius 3 is 1.55 bits per heavy atom. The van der Waals surface area contributed by atoms with E-state index in [-0.39, 0.29) is 0 Å². The molecule has 5 rings (SSSR count). The van der Waals surface area contributed by atoms with Gasteiger partial charge in [0.05, 0.1) is 40.7 Å². The summed E-state index contributed by atoms with van der Waals surface area (Å²) in [5.74, 6) is 0.375. The number of azo groups is 3. The van der Waals surface area contributed by atoms with E-state index < -0.39 is 6.16 Å². The molecule has 0 saturated heterocycles. The number of anilines is 1. The number of hydrogen-bond donors (Lipinski definition) is 1. The molecule has 0 heterocycles. The van der Waals surface area contributed by atoms with Crippen molar-refractivity contribution >= 4 is 56.7 Å². The van der Waals surface area contributed by atoms with E-state index in [0.717, 1.165) is 35.0 Å². The van der Waals surface area contributed by atoms with E-state index in [1.807, 2.05) is 98.9 Å². The lowest BCUT2D eigenvalue weighted by Crippen LogP contribution is -2.11. The highest BCUT2D eigenvalue weighted by Crippen LogP contribution is 2.35. The molecule has 0 aliphatic heterocycles. The summed E-state index contributed by atoms with van der Waals surface area (Å²) in [4.78, 5) is 11.8. The number of carbonyl (C=O) groups is 1. The van der Waals surface area contributed by atoms with Crippen molar-refractivity contribution in [3.8, 4) is 5.75 Å². The highest BCUT2D eigenvalue weighted by molar-refractivity contribution is 5.99. The predicted molar refractivity (Wildman–Crippen MR) is 172 cm³/mol. The zero-order chi connectivity index (χ0) is 30.6. The van der Waals surface area contributed by atoms with Crippen LogP contribution < -0.4 is 10.1 Å². The first kappa shape index (κ1) is 29.7. The molecule has 0 radical (unpaired) electrons. The van der Waals surface area contributed by atoms with Gasteiger partial charge in [0, 0.05) is 23.5 Å². The second-order valence-corrected chi connectivity index (χ2v) is 9.61. The summed E-state index contributed by atoms with van der Waals surface area (Å²) in [6.45, 7) is 2.36. The van der Waals surface area contributed by atoms with Crippen LogP contribution >= 0.6 is 0 Å². The van der Waals surface area contributed by atoms with Crippen LogP contribution in [0.1, 0.15) is 19.8 Å². The minimum absolute atomic E-state index is 0.338. The minimum atomic E-state index is -0.720. The predicted octanol–water partition coefficient (Wildman–Crippen LogP) is 11.4. The molecule has 0 atom stereocenters. The summed E-state index contributed by atoms with van der Waals surface area (Å²) in [6, 6.07) is 33.4. The van der Waals surface area contributed by atoms with Gasteiger partial charge in [-0.05, 0) is 91.3 Å². The van der Waals surface area contributed by atoms with Crippen LogP contribution in [0.2, 0.25) is 0 Å².